The molecular weight excluding hydrogens is 2070 g/mol. The molecule has 0 aromatic heterocycles. The molecule has 0 unspecified atom stereocenters. The second-order valence-corrected chi connectivity index (χ2v) is 50.2. The topological polar surface area (TPSA) is 54.4 Å². The van der Waals surface area contributed by atoms with E-state index in [1.807, 2.05) is 45.2 Å². The fourth-order valence-electron chi connectivity index (χ4n) is 1.11. The molecule has 0 fully saturated rings. The zero-order valence-corrected chi connectivity index (χ0v) is 44.0. The van der Waals surface area contributed by atoms with Gasteiger partial charge >= 0.3 is 0 Å². The lowest BCUT2D eigenvalue weighted by Gasteiger charge is -2.56. The molecule has 0 spiro atoms. The van der Waals surface area contributed by atoms with E-state index in [9.17, 15) is 13.0 Å². The molecule has 0 heterocycles. The summed E-state index contributed by atoms with van der Waals surface area (Å²) >= 11 is 35.2. The Hall–Kier alpha value is 10.9. The van der Waals surface area contributed by atoms with Crippen LogP contribution in [0.3, 0.4) is 0 Å². The van der Waals surface area contributed by atoms with Gasteiger partial charge in [0.05, 0.1) is 0 Å². The Kier molecular flexibility index (Phi) is 17.8. The lowest BCUT2D eigenvalue weighted by atomic mass is 10.1. The highest BCUT2D eigenvalue weighted by molar-refractivity contribution is 14.3. The molecule has 26 heavy (non-hydrogen) atoms. The Morgan fingerprint density at radius 1 is 0.462 bits per heavy atom. The molecule has 0 aliphatic heterocycles. The summed E-state index contributed by atoms with van der Waals surface area (Å²) in [5.41, 5.74) is 0. The minimum atomic E-state index is -4.28. The molecule has 3 nitrogen and oxygen atoms in total. The highest BCUT2D eigenvalue weighted by Crippen LogP contribution is 2.78. The molecule has 0 aromatic carbocycles. The monoisotopic (exact) mass is 2070 g/mol. The number of halogens is 15. The zero-order chi connectivity index (χ0) is 22.0. The van der Waals surface area contributed by atoms with Gasteiger partial charge < -0.3 is 0 Å². The summed E-state index contributed by atoms with van der Waals surface area (Å²) in [5.74, 6) is 0. The highest BCUT2D eigenvalue weighted by atomic mass is 127. The fraction of sp³-hybridized carbons (Fsp3) is 1.00. The standard InChI is InChI=1S/C7HI15O3S/c8-1(9,2(10,11)4(14,15)6(18,19)20)3(12,13)5(16,17)7(21,22)26(23,24)25/h(H,23,24,25). The summed E-state index contributed by atoms with van der Waals surface area (Å²) < 4.78 is 30.6. The van der Waals surface area contributed by atoms with E-state index >= 15 is 0 Å². The van der Waals surface area contributed by atoms with E-state index in [0.717, 1.165) is 0 Å². The van der Waals surface area contributed by atoms with Crippen molar-refractivity contribution in [1.82, 2.24) is 0 Å². The molecule has 0 radical (unpaired) electrons. The largest absolute Gasteiger partial charge is 0.291 e. The Bertz CT molecular complexity index is 645. The lowest BCUT2D eigenvalue weighted by molar-refractivity contribution is 0.477. The van der Waals surface area contributed by atoms with Gasteiger partial charge in [0.2, 0.25) is 0.760 Å². The van der Waals surface area contributed by atoms with Crippen LogP contribution in [0.15, 0.2) is 0 Å². The first-order valence-electron chi connectivity index (χ1n) is 5.05. The van der Waals surface area contributed by atoms with Crippen LogP contribution in [0.2, 0.25) is 0 Å². The highest BCUT2D eigenvalue weighted by Gasteiger charge is 2.76. The predicted molar refractivity (Wildman–Crippen MR) is 241 cm³/mol. The average molecular weight is 2070 g/mol. The van der Waals surface area contributed by atoms with Crippen LogP contribution in [0.5, 0.6) is 0 Å². The van der Waals surface area contributed by atoms with Crippen molar-refractivity contribution in [3.63, 3.8) is 0 Å². The molecule has 0 aliphatic carbocycles. The smallest absolute Gasteiger partial charge is 0.284 e. The molecule has 0 saturated heterocycles. The van der Waals surface area contributed by atoms with Crippen molar-refractivity contribution in [2.24, 2.45) is 0 Å². The van der Waals surface area contributed by atoms with Crippen molar-refractivity contribution in [3.8, 4) is 0 Å². The van der Waals surface area contributed by atoms with Crippen LogP contribution >= 0.6 is 339 Å². The van der Waals surface area contributed by atoms with Gasteiger partial charge in [-0.1, -0.05) is 294 Å². The zero-order valence-electron chi connectivity index (χ0n) is 10.8. The fourth-order valence-corrected chi connectivity index (χ4v) is 23.5. The third kappa shape index (κ3) is 7.33. The molecule has 0 aromatic rings. The summed E-state index contributed by atoms with van der Waals surface area (Å²) in [7, 11) is -4.28. The van der Waals surface area contributed by atoms with Gasteiger partial charge in [0, 0.05) is 0 Å². The Morgan fingerprint density at radius 3 is 0.923 bits per heavy atom. The van der Waals surface area contributed by atoms with Crippen LogP contribution in [-0.4, -0.2) is 20.3 Å². The van der Waals surface area contributed by atoms with Crippen molar-refractivity contribution in [3.05, 3.63) is 0 Å². The molecule has 158 valence electrons. The summed E-state index contributed by atoms with van der Waals surface area (Å²) in [5, 5.41) is 0. The van der Waals surface area contributed by atoms with E-state index in [2.05, 4.69) is 294 Å². The summed E-state index contributed by atoms with van der Waals surface area (Å²) in [6.45, 7) is 0. The average Bonchev–Trinajstić information content (AvgIpc) is 2.34. The first-order valence-corrected chi connectivity index (χ1v) is 22.7. The van der Waals surface area contributed by atoms with Crippen LogP contribution in [0.25, 0.3) is 0 Å². The predicted octanol–water partition coefficient (Wildman–Crippen LogP) is 11.2. The van der Waals surface area contributed by atoms with Gasteiger partial charge in [-0.25, -0.2) is 0 Å². The Labute approximate surface area is 357 Å². The van der Waals surface area contributed by atoms with Gasteiger partial charge in [-0.15, -0.1) is 0 Å². The molecule has 0 bridgehead atoms. The maximum Gasteiger partial charge on any atom is 0.291 e. The van der Waals surface area contributed by atoms with Crippen LogP contribution in [0, 0.1) is 0 Å². The normalized spacial score (nSPS) is 16.8. The van der Waals surface area contributed by atoms with Gasteiger partial charge in [-0.2, -0.15) is 8.42 Å². The van der Waals surface area contributed by atoms with Crippen molar-refractivity contribution >= 4 is 349 Å². The SMILES string of the molecule is O=S(=O)(O)C(I)(I)C(I)(I)C(I)(I)C(I)(I)C(I)(I)C(I)(I)C(I)(I)I. The van der Waals surface area contributed by atoms with Crippen LogP contribution in [-0.2, 0) is 10.1 Å². The molecule has 0 saturated carbocycles. The van der Waals surface area contributed by atoms with Crippen molar-refractivity contribution < 1.29 is 13.0 Å². The second kappa shape index (κ2) is 12.6. The van der Waals surface area contributed by atoms with Gasteiger partial charge in [-0.05, 0) is 45.2 Å². The summed E-state index contributed by atoms with van der Waals surface area (Å²) in [4.78, 5) is 0. The molecule has 1 N–H and O–H groups in total. The first-order chi connectivity index (χ1) is 10.8. The van der Waals surface area contributed by atoms with Gasteiger partial charge in [0.25, 0.3) is 10.1 Å². The van der Waals surface area contributed by atoms with Crippen molar-refractivity contribution in [2.75, 3.05) is 0 Å². The molecule has 0 aliphatic rings. The van der Waals surface area contributed by atoms with Crippen molar-refractivity contribution in [2.45, 2.75) is 7.34 Å². The third-order valence-corrected chi connectivity index (χ3v) is 54.7. The van der Waals surface area contributed by atoms with E-state index in [1.165, 1.54) is 0 Å². The van der Waals surface area contributed by atoms with Crippen LogP contribution in [0.1, 0.15) is 0 Å². The maximum atomic E-state index is 12.2. The van der Waals surface area contributed by atoms with Gasteiger partial charge in [0.15, 0.2) is 0 Å². The summed E-state index contributed by atoms with van der Waals surface area (Å²) in [6, 6.07) is 0. The van der Waals surface area contributed by atoms with E-state index in [4.69, 9.17) is 0 Å². The molecule has 19 heteroatoms. The van der Waals surface area contributed by atoms with Gasteiger partial charge in [0.1, 0.15) is 6.58 Å². The van der Waals surface area contributed by atoms with E-state index in [-0.39, 0.29) is 2.29 Å². The van der Waals surface area contributed by atoms with E-state index in [1.54, 1.807) is 0 Å². The second-order valence-electron chi connectivity index (χ2n) is 4.36. The minimum absolute atomic E-state index is 0.0806. The van der Waals surface area contributed by atoms with Crippen molar-refractivity contribution in [1.29, 1.82) is 0 Å². The Morgan fingerprint density at radius 2 is 0.692 bits per heavy atom. The minimum Gasteiger partial charge on any atom is -0.284 e. The summed E-state index contributed by atoms with van der Waals surface area (Å²) in [6.07, 6.45) is 0. The molecular formula is C7HI15O3S. The van der Waals surface area contributed by atoms with E-state index in [0.29, 0.717) is 0 Å². The van der Waals surface area contributed by atoms with Gasteiger partial charge in [-0.3, -0.25) is 4.55 Å². The first kappa shape index (κ1) is 36.9. The third-order valence-electron chi connectivity index (χ3n) is 2.62. The molecule has 0 atom stereocenters. The number of rotatable bonds is 7. The Balaban J connectivity index is 6.71. The quantitative estimate of drug-likeness (QED) is 0.157. The maximum absolute atomic E-state index is 12.2. The molecule has 0 amide bonds. The number of alkyl halides is 15. The number of hydrogen-bond donors (Lipinski definition) is 1. The molecule has 0 rings (SSSR count). The van der Waals surface area contributed by atoms with E-state index < -0.39 is 15.2 Å². The number of hydrogen-bond acceptors (Lipinski definition) is 2. The van der Waals surface area contributed by atoms with Crippen LogP contribution in [0.4, 0.5) is 0 Å². The lowest BCUT2D eigenvalue weighted by Crippen LogP contribution is -2.66. The van der Waals surface area contributed by atoms with Crippen LogP contribution < -0.4 is 0 Å².